The molecule has 0 spiro atoms. The van der Waals surface area contributed by atoms with Crippen LogP contribution in [0.4, 0.5) is 14.5 Å². The van der Waals surface area contributed by atoms with Crippen molar-refractivity contribution < 1.29 is 13.5 Å². The van der Waals surface area contributed by atoms with Gasteiger partial charge in [-0.1, -0.05) is 6.07 Å². The molecule has 0 saturated heterocycles. The number of anilines is 1. The number of hydrogen-bond acceptors (Lipinski definition) is 3. The van der Waals surface area contributed by atoms with Crippen molar-refractivity contribution in [2.75, 3.05) is 12.4 Å². The Balaban J connectivity index is 2.09. The Hall–Kier alpha value is -1.74. The smallest absolute Gasteiger partial charge is 0.387 e. The quantitative estimate of drug-likeness (QED) is 0.684. The first-order valence-electron chi connectivity index (χ1n) is 7.59. The van der Waals surface area contributed by atoms with Crippen molar-refractivity contribution in [3.8, 4) is 5.75 Å². The zero-order valence-corrected chi connectivity index (χ0v) is 16.5. The molecule has 25 heavy (non-hydrogen) atoms. The number of nitrogens with one attached hydrogen (secondary N) is 1. The molecule has 1 N–H and O–H groups in total. The summed E-state index contributed by atoms with van der Waals surface area (Å²) < 4.78 is 32.4. The van der Waals surface area contributed by atoms with Crippen LogP contribution in [0.2, 0.25) is 0 Å². The zero-order chi connectivity index (χ0) is 18.6. The van der Waals surface area contributed by atoms with Crippen LogP contribution in [0.3, 0.4) is 0 Å². The van der Waals surface area contributed by atoms with Crippen molar-refractivity contribution in [3.63, 3.8) is 0 Å². The minimum Gasteiger partial charge on any atom is -0.433 e. The molecule has 1 aromatic heterocycles. The Bertz CT molecular complexity index is 754. The highest BCUT2D eigenvalue weighted by atomic mass is 79.9. The van der Waals surface area contributed by atoms with Gasteiger partial charge in [0.25, 0.3) is 0 Å². The molecule has 0 radical (unpaired) electrons. The average Bonchev–Trinajstić information content (AvgIpc) is 2.89. The summed E-state index contributed by atoms with van der Waals surface area (Å²) in [5.74, 6) is 0.0576. The highest BCUT2D eigenvalue weighted by molar-refractivity contribution is 9.10. The molecule has 0 atom stereocenters. The maximum Gasteiger partial charge on any atom is 0.387 e. The minimum atomic E-state index is -2.90. The molecule has 0 amide bonds. The SMILES string of the molecule is CCn1cc(Br)c(CN(C)C(=S)Nc2ccc(C)cc2OC(F)F)n1. The first-order valence-corrected chi connectivity index (χ1v) is 8.79. The third kappa shape index (κ3) is 5.37. The van der Waals surface area contributed by atoms with E-state index in [9.17, 15) is 8.78 Å². The predicted molar refractivity (Wildman–Crippen MR) is 101 cm³/mol. The fourth-order valence-corrected chi connectivity index (χ4v) is 2.76. The monoisotopic (exact) mass is 432 g/mol. The Morgan fingerprint density at radius 3 is 2.80 bits per heavy atom. The van der Waals surface area contributed by atoms with Crippen LogP contribution in [0.5, 0.6) is 5.75 Å². The first-order chi connectivity index (χ1) is 11.8. The molecule has 5 nitrogen and oxygen atoms in total. The van der Waals surface area contributed by atoms with Gasteiger partial charge >= 0.3 is 6.61 Å². The Morgan fingerprint density at radius 2 is 2.20 bits per heavy atom. The van der Waals surface area contributed by atoms with Gasteiger partial charge in [-0.15, -0.1) is 0 Å². The summed E-state index contributed by atoms with van der Waals surface area (Å²) in [5, 5.41) is 7.77. The van der Waals surface area contributed by atoms with Crippen molar-refractivity contribution in [1.29, 1.82) is 0 Å². The summed E-state index contributed by atoms with van der Waals surface area (Å²) in [7, 11) is 1.80. The van der Waals surface area contributed by atoms with Gasteiger partial charge in [0.05, 0.1) is 22.4 Å². The van der Waals surface area contributed by atoms with Gasteiger partial charge in [-0.25, -0.2) is 0 Å². The molecule has 0 aliphatic rings. The Labute approximate surface area is 159 Å². The first kappa shape index (κ1) is 19.6. The molecule has 136 valence electrons. The second kappa shape index (κ2) is 8.57. The van der Waals surface area contributed by atoms with Crippen molar-refractivity contribution >= 4 is 38.9 Å². The molecule has 1 heterocycles. The average molecular weight is 433 g/mol. The third-order valence-corrected chi connectivity index (χ3v) is 4.52. The van der Waals surface area contributed by atoms with Crippen LogP contribution in [-0.2, 0) is 13.1 Å². The summed E-state index contributed by atoms with van der Waals surface area (Å²) in [6.07, 6.45) is 1.90. The van der Waals surface area contributed by atoms with Gasteiger partial charge < -0.3 is 15.0 Å². The van der Waals surface area contributed by atoms with E-state index in [1.165, 1.54) is 6.07 Å². The lowest BCUT2D eigenvalue weighted by Crippen LogP contribution is -2.31. The molecule has 2 aromatic rings. The largest absolute Gasteiger partial charge is 0.433 e. The number of ether oxygens (including phenoxy) is 1. The lowest BCUT2D eigenvalue weighted by Gasteiger charge is -2.21. The highest BCUT2D eigenvalue weighted by Gasteiger charge is 2.15. The van der Waals surface area contributed by atoms with Crippen LogP contribution in [0.1, 0.15) is 18.2 Å². The Morgan fingerprint density at radius 1 is 1.48 bits per heavy atom. The van der Waals surface area contributed by atoms with Crippen LogP contribution in [0.25, 0.3) is 0 Å². The van der Waals surface area contributed by atoms with E-state index in [2.05, 4.69) is 31.1 Å². The lowest BCUT2D eigenvalue weighted by molar-refractivity contribution is -0.0493. The fraction of sp³-hybridized carbons (Fsp3) is 0.375. The van der Waals surface area contributed by atoms with E-state index in [0.29, 0.717) is 17.3 Å². The molecule has 1 aromatic carbocycles. The third-order valence-electron chi connectivity index (χ3n) is 3.44. The number of thiocarbonyl (C=S) groups is 1. The summed E-state index contributed by atoms with van der Waals surface area (Å²) >= 11 is 8.84. The van der Waals surface area contributed by atoms with Gasteiger partial charge in [-0.05, 0) is 59.7 Å². The molecule has 0 aliphatic heterocycles. The summed E-state index contributed by atoms with van der Waals surface area (Å²) in [6, 6.07) is 4.99. The molecular weight excluding hydrogens is 414 g/mol. The number of halogens is 3. The number of alkyl halides is 2. The Kier molecular flexibility index (Phi) is 6.71. The fourth-order valence-electron chi connectivity index (χ4n) is 2.14. The standard InChI is InChI=1S/C16H19BrF2N4OS/c1-4-23-8-11(17)13(21-23)9-22(3)16(25)20-12-6-5-10(2)7-14(12)24-15(18)19/h5-8,15H,4,9H2,1-3H3,(H,20,25). The van der Waals surface area contributed by atoms with Gasteiger partial charge in [0.15, 0.2) is 5.11 Å². The van der Waals surface area contributed by atoms with Crippen LogP contribution >= 0.6 is 28.1 Å². The topological polar surface area (TPSA) is 42.3 Å². The van der Waals surface area contributed by atoms with Gasteiger partial charge in [0.1, 0.15) is 5.75 Å². The summed E-state index contributed by atoms with van der Waals surface area (Å²) in [5.41, 5.74) is 2.04. The second-order valence-electron chi connectivity index (χ2n) is 5.44. The maximum absolute atomic E-state index is 12.6. The number of aromatic nitrogens is 2. The van der Waals surface area contributed by atoms with Crippen molar-refractivity contribution in [2.24, 2.45) is 0 Å². The van der Waals surface area contributed by atoms with E-state index >= 15 is 0 Å². The lowest BCUT2D eigenvalue weighted by atomic mass is 10.2. The van der Waals surface area contributed by atoms with Gasteiger partial charge in [-0.2, -0.15) is 13.9 Å². The van der Waals surface area contributed by atoms with E-state index in [1.54, 1.807) is 31.0 Å². The molecule has 0 bridgehead atoms. The van der Waals surface area contributed by atoms with Gasteiger partial charge in [0.2, 0.25) is 0 Å². The van der Waals surface area contributed by atoms with E-state index in [1.807, 2.05) is 17.8 Å². The number of rotatable bonds is 6. The molecular formula is C16H19BrF2N4OS. The van der Waals surface area contributed by atoms with Gasteiger partial charge in [-0.3, -0.25) is 4.68 Å². The molecule has 0 saturated carbocycles. The van der Waals surface area contributed by atoms with Crippen molar-refractivity contribution in [1.82, 2.24) is 14.7 Å². The second-order valence-corrected chi connectivity index (χ2v) is 6.68. The van der Waals surface area contributed by atoms with Gasteiger partial charge in [0, 0.05) is 19.8 Å². The van der Waals surface area contributed by atoms with E-state index in [4.69, 9.17) is 12.2 Å². The summed E-state index contributed by atoms with van der Waals surface area (Å²) in [6.45, 7) is 2.14. The zero-order valence-electron chi connectivity index (χ0n) is 14.1. The van der Waals surface area contributed by atoms with E-state index in [-0.39, 0.29) is 5.75 Å². The predicted octanol–water partition coefficient (Wildman–Crippen LogP) is 4.40. The highest BCUT2D eigenvalue weighted by Crippen LogP contribution is 2.28. The molecule has 0 fully saturated rings. The molecule has 2 rings (SSSR count). The van der Waals surface area contributed by atoms with Crippen molar-refractivity contribution in [2.45, 2.75) is 33.5 Å². The van der Waals surface area contributed by atoms with Crippen LogP contribution in [-0.4, -0.2) is 33.5 Å². The maximum atomic E-state index is 12.6. The molecule has 0 unspecified atom stereocenters. The van der Waals surface area contributed by atoms with E-state index < -0.39 is 6.61 Å². The van der Waals surface area contributed by atoms with Crippen LogP contribution < -0.4 is 10.1 Å². The number of nitrogens with zero attached hydrogens (tertiary/aromatic N) is 3. The number of hydrogen-bond donors (Lipinski definition) is 1. The minimum absolute atomic E-state index is 0.0576. The number of aryl methyl sites for hydroxylation is 2. The molecule has 9 heteroatoms. The summed E-state index contributed by atoms with van der Waals surface area (Å²) in [4.78, 5) is 1.77. The van der Waals surface area contributed by atoms with Crippen LogP contribution in [0, 0.1) is 6.92 Å². The normalized spacial score (nSPS) is 10.8. The van der Waals surface area contributed by atoms with Crippen LogP contribution in [0.15, 0.2) is 28.9 Å². The van der Waals surface area contributed by atoms with E-state index in [0.717, 1.165) is 22.3 Å². The van der Waals surface area contributed by atoms with Crippen molar-refractivity contribution in [3.05, 3.63) is 40.1 Å². The number of benzene rings is 1. The molecule has 0 aliphatic carbocycles.